The Hall–Kier alpha value is -3.37. The first-order chi connectivity index (χ1) is 19.6. The summed E-state index contributed by atoms with van der Waals surface area (Å²) in [5.74, 6) is 0.317. The molecule has 4 heterocycles. The summed E-state index contributed by atoms with van der Waals surface area (Å²) in [7, 11) is 0. The van der Waals surface area contributed by atoms with Gasteiger partial charge in [0, 0.05) is 37.2 Å². The van der Waals surface area contributed by atoms with Crippen LogP contribution < -0.4 is 14.5 Å². The van der Waals surface area contributed by atoms with Gasteiger partial charge in [0.25, 0.3) is 5.91 Å². The molecule has 2 amide bonds. The predicted octanol–water partition coefficient (Wildman–Crippen LogP) is 4.34. The molecule has 40 heavy (non-hydrogen) atoms. The smallest absolute Gasteiger partial charge is 0.269 e. The van der Waals surface area contributed by atoms with Crippen molar-refractivity contribution in [1.82, 2.24) is 4.90 Å². The van der Waals surface area contributed by atoms with E-state index in [4.69, 9.17) is 14.2 Å². The molecule has 0 bridgehead atoms. The fraction of sp³-hybridized carbons (Fsp3) is 0.355. The maximum Gasteiger partial charge on any atom is 0.269 e. The number of rotatable bonds is 6. The lowest BCUT2D eigenvalue weighted by atomic mass is 10.0. The molecule has 9 heteroatoms. The van der Waals surface area contributed by atoms with Crippen LogP contribution in [0, 0.1) is 0 Å². The van der Waals surface area contributed by atoms with Crippen LogP contribution in [0.25, 0.3) is 0 Å². The second-order valence-electron chi connectivity index (χ2n) is 10.5. The Bertz CT molecular complexity index is 1400. The first-order valence-corrected chi connectivity index (χ1v) is 14.7. The zero-order chi connectivity index (χ0) is 27.2. The zero-order valence-corrected chi connectivity index (χ0v) is 23.0. The Balaban J connectivity index is 1.13. The van der Waals surface area contributed by atoms with Crippen LogP contribution in [0.15, 0.2) is 78.9 Å². The molecule has 7 rings (SSSR count). The van der Waals surface area contributed by atoms with Crippen LogP contribution in [0.3, 0.4) is 0 Å². The number of carbonyl (C=O) groups is 2. The Morgan fingerprint density at radius 3 is 2.30 bits per heavy atom. The van der Waals surface area contributed by atoms with Gasteiger partial charge in [-0.25, -0.2) is 0 Å². The molecule has 206 valence electrons. The number of hydrogen-bond donors (Lipinski definition) is 0. The standard InChI is InChI=1S/C31H31N3O5S/c35-28-21-40-31(34(28)24-10-12-25(13-11-24)37-20-23-6-2-1-3-7-23)26-8-4-5-9-27(26)33(29(31)36)22-32-16-14-30(15-17-32)38-18-19-39-30/h1-13H,14-22H2/t31-/m0/s1. The maximum absolute atomic E-state index is 14.4. The first-order valence-electron chi connectivity index (χ1n) is 13.7. The fourth-order valence-electron chi connectivity index (χ4n) is 6.15. The number of anilines is 2. The zero-order valence-electron chi connectivity index (χ0n) is 22.2. The lowest BCUT2D eigenvalue weighted by Gasteiger charge is -2.39. The molecule has 0 aromatic heterocycles. The van der Waals surface area contributed by atoms with Gasteiger partial charge >= 0.3 is 0 Å². The van der Waals surface area contributed by atoms with Crippen molar-refractivity contribution in [2.24, 2.45) is 0 Å². The molecule has 0 N–H and O–H groups in total. The summed E-state index contributed by atoms with van der Waals surface area (Å²) >= 11 is 1.40. The molecular formula is C31H31N3O5S. The van der Waals surface area contributed by atoms with E-state index >= 15 is 0 Å². The minimum Gasteiger partial charge on any atom is -0.489 e. The van der Waals surface area contributed by atoms with Crippen molar-refractivity contribution in [3.8, 4) is 5.75 Å². The number of para-hydroxylation sites is 1. The van der Waals surface area contributed by atoms with Crippen molar-refractivity contribution in [3.05, 3.63) is 90.0 Å². The highest BCUT2D eigenvalue weighted by Gasteiger charge is 2.61. The topological polar surface area (TPSA) is 71.6 Å². The van der Waals surface area contributed by atoms with E-state index in [0.29, 0.717) is 37.9 Å². The van der Waals surface area contributed by atoms with Crippen molar-refractivity contribution in [3.63, 3.8) is 0 Å². The summed E-state index contributed by atoms with van der Waals surface area (Å²) in [6, 6.07) is 25.3. The van der Waals surface area contributed by atoms with Crippen LogP contribution >= 0.6 is 11.8 Å². The van der Waals surface area contributed by atoms with Crippen molar-refractivity contribution in [1.29, 1.82) is 0 Å². The van der Waals surface area contributed by atoms with Gasteiger partial charge in [0.05, 0.1) is 31.3 Å². The molecule has 3 fully saturated rings. The molecule has 3 aromatic carbocycles. The van der Waals surface area contributed by atoms with E-state index in [0.717, 1.165) is 42.7 Å². The summed E-state index contributed by atoms with van der Waals surface area (Å²) in [5.41, 5.74) is 3.48. The molecule has 4 aliphatic heterocycles. The van der Waals surface area contributed by atoms with E-state index in [-0.39, 0.29) is 17.6 Å². The second kappa shape index (κ2) is 10.2. The predicted molar refractivity (Wildman–Crippen MR) is 153 cm³/mol. The largest absolute Gasteiger partial charge is 0.489 e. The molecule has 0 unspecified atom stereocenters. The van der Waals surface area contributed by atoms with Gasteiger partial charge in [-0.15, -0.1) is 11.8 Å². The van der Waals surface area contributed by atoms with Crippen LogP contribution in [0.2, 0.25) is 0 Å². The van der Waals surface area contributed by atoms with E-state index in [2.05, 4.69) is 4.90 Å². The van der Waals surface area contributed by atoms with Crippen LogP contribution in [0.1, 0.15) is 24.0 Å². The van der Waals surface area contributed by atoms with Crippen molar-refractivity contribution >= 4 is 35.0 Å². The van der Waals surface area contributed by atoms with Gasteiger partial charge in [0.1, 0.15) is 12.4 Å². The van der Waals surface area contributed by atoms with Gasteiger partial charge in [0.2, 0.25) is 10.8 Å². The highest BCUT2D eigenvalue weighted by Crippen LogP contribution is 2.55. The van der Waals surface area contributed by atoms with Crippen LogP contribution in [0.5, 0.6) is 5.75 Å². The van der Waals surface area contributed by atoms with E-state index in [1.54, 1.807) is 4.90 Å². The fourth-order valence-corrected chi connectivity index (χ4v) is 7.51. The number of nitrogens with zero attached hydrogens (tertiary/aromatic N) is 3. The number of thioether (sulfide) groups is 1. The molecular weight excluding hydrogens is 526 g/mol. The number of benzene rings is 3. The number of ether oxygens (including phenoxy) is 3. The van der Waals surface area contributed by atoms with Gasteiger partial charge in [-0.3, -0.25) is 24.3 Å². The van der Waals surface area contributed by atoms with Crippen LogP contribution in [-0.4, -0.2) is 61.2 Å². The van der Waals surface area contributed by atoms with Crippen LogP contribution in [-0.2, 0) is 30.5 Å². The lowest BCUT2D eigenvalue weighted by Crippen LogP contribution is -2.53. The van der Waals surface area contributed by atoms with Crippen LogP contribution in [0.4, 0.5) is 11.4 Å². The Labute approximate surface area is 237 Å². The molecule has 0 saturated carbocycles. The summed E-state index contributed by atoms with van der Waals surface area (Å²) < 4.78 is 17.7. The average molecular weight is 558 g/mol. The molecule has 1 atom stereocenters. The number of piperidine rings is 1. The third-order valence-electron chi connectivity index (χ3n) is 8.18. The van der Waals surface area contributed by atoms with Gasteiger partial charge in [-0.2, -0.15) is 0 Å². The minimum absolute atomic E-state index is 0.0802. The number of likely N-dealkylation sites (tertiary alicyclic amines) is 1. The first kappa shape index (κ1) is 25.6. The SMILES string of the molecule is O=C1CS[C@@]2(C(=O)N(CN3CCC4(CC3)OCCO4)c3ccccc32)N1c1ccc(OCc2ccccc2)cc1. The summed E-state index contributed by atoms with van der Waals surface area (Å²) in [6.07, 6.45) is 1.56. The van der Waals surface area contributed by atoms with Gasteiger partial charge in [-0.05, 0) is 35.9 Å². The number of fused-ring (bicyclic) bond motifs is 2. The monoisotopic (exact) mass is 557 g/mol. The highest BCUT2D eigenvalue weighted by molar-refractivity contribution is 8.02. The normalized spacial score (nSPS) is 23.9. The Kier molecular flexibility index (Phi) is 6.54. The van der Waals surface area contributed by atoms with E-state index in [1.807, 2.05) is 83.8 Å². The quantitative estimate of drug-likeness (QED) is 0.447. The van der Waals surface area contributed by atoms with Crippen molar-refractivity contribution in [2.45, 2.75) is 30.1 Å². The minimum atomic E-state index is -1.13. The molecule has 4 aliphatic rings. The molecule has 0 aliphatic carbocycles. The summed E-state index contributed by atoms with van der Waals surface area (Å²) in [4.78, 5) is 32.4. The third-order valence-corrected chi connectivity index (χ3v) is 9.57. The Morgan fingerprint density at radius 1 is 0.850 bits per heavy atom. The van der Waals surface area contributed by atoms with E-state index in [9.17, 15) is 9.59 Å². The highest BCUT2D eigenvalue weighted by atomic mass is 32.2. The third kappa shape index (κ3) is 4.28. The molecule has 8 nitrogen and oxygen atoms in total. The second-order valence-corrected chi connectivity index (χ2v) is 11.7. The molecule has 2 spiro atoms. The van der Waals surface area contributed by atoms with Crippen molar-refractivity contribution in [2.75, 3.05) is 48.5 Å². The Morgan fingerprint density at radius 2 is 1.55 bits per heavy atom. The lowest BCUT2D eigenvalue weighted by molar-refractivity contribution is -0.185. The summed E-state index contributed by atoms with van der Waals surface area (Å²) in [6.45, 7) is 3.75. The molecule has 3 saturated heterocycles. The number of carbonyl (C=O) groups excluding carboxylic acids is 2. The molecule has 0 radical (unpaired) electrons. The summed E-state index contributed by atoms with van der Waals surface area (Å²) in [5, 5.41) is 0. The van der Waals surface area contributed by atoms with Crippen molar-refractivity contribution < 1.29 is 23.8 Å². The number of hydrogen-bond acceptors (Lipinski definition) is 7. The average Bonchev–Trinajstić information content (AvgIpc) is 3.66. The van der Waals surface area contributed by atoms with Gasteiger partial charge < -0.3 is 14.2 Å². The van der Waals surface area contributed by atoms with Gasteiger partial charge in [-0.1, -0.05) is 48.5 Å². The van der Waals surface area contributed by atoms with Gasteiger partial charge in [0.15, 0.2) is 5.79 Å². The van der Waals surface area contributed by atoms with E-state index in [1.165, 1.54) is 11.8 Å². The molecule has 3 aromatic rings. The maximum atomic E-state index is 14.4. The number of amides is 2. The van der Waals surface area contributed by atoms with E-state index < -0.39 is 10.7 Å².